The molecule has 3 aromatic rings. The van der Waals surface area contributed by atoms with Crippen molar-refractivity contribution in [1.29, 1.82) is 0 Å². The molecule has 1 fully saturated rings. The van der Waals surface area contributed by atoms with Gasteiger partial charge in [-0.15, -0.1) is 0 Å². The standard InChI is InChI=1S/C22H17Cl2N5O/c23-17-3-5-20(24)19(13-17)22(30)29-11-9-28(10-12-29)21-6-2-16(14-27-21)1-4-18-15-25-7-8-26-18/h2-3,5-8,13-15H,9-12H2. The number of pyridine rings is 1. The van der Waals surface area contributed by atoms with Gasteiger partial charge in [-0.1, -0.05) is 29.1 Å². The van der Waals surface area contributed by atoms with E-state index < -0.39 is 0 Å². The van der Waals surface area contributed by atoms with Gasteiger partial charge in [-0.25, -0.2) is 9.97 Å². The van der Waals surface area contributed by atoms with E-state index in [0.29, 0.717) is 47.5 Å². The van der Waals surface area contributed by atoms with E-state index in [9.17, 15) is 4.79 Å². The summed E-state index contributed by atoms with van der Waals surface area (Å²) in [4.78, 5) is 29.3. The van der Waals surface area contributed by atoms with Gasteiger partial charge in [0.05, 0.1) is 16.8 Å². The molecule has 2 aromatic heterocycles. The van der Waals surface area contributed by atoms with Crippen molar-refractivity contribution in [1.82, 2.24) is 19.9 Å². The van der Waals surface area contributed by atoms with Crippen LogP contribution in [-0.4, -0.2) is 51.9 Å². The van der Waals surface area contributed by atoms with Gasteiger partial charge < -0.3 is 9.80 Å². The molecule has 0 spiro atoms. The highest BCUT2D eigenvalue weighted by atomic mass is 35.5. The van der Waals surface area contributed by atoms with E-state index in [1.54, 1.807) is 47.9 Å². The molecule has 0 unspecified atom stereocenters. The van der Waals surface area contributed by atoms with Crippen LogP contribution in [0.5, 0.6) is 0 Å². The Morgan fingerprint density at radius 3 is 2.47 bits per heavy atom. The van der Waals surface area contributed by atoms with Gasteiger partial charge in [-0.2, -0.15) is 0 Å². The van der Waals surface area contributed by atoms with Gasteiger partial charge >= 0.3 is 0 Å². The summed E-state index contributed by atoms with van der Waals surface area (Å²) in [5.41, 5.74) is 1.85. The largest absolute Gasteiger partial charge is 0.353 e. The molecule has 3 heterocycles. The molecule has 1 saturated heterocycles. The topological polar surface area (TPSA) is 62.2 Å². The number of hydrogen-bond donors (Lipinski definition) is 0. The maximum absolute atomic E-state index is 12.8. The molecule has 0 bridgehead atoms. The lowest BCUT2D eigenvalue weighted by Gasteiger charge is -2.35. The third-order valence-electron chi connectivity index (χ3n) is 4.70. The first kappa shape index (κ1) is 20.1. The molecule has 4 rings (SSSR count). The lowest BCUT2D eigenvalue weighted by atomic mass is 10.1. The molecule has 0 saturated carbocycles. The monoisotopic (exact) mass is 437 g/mol. The number of aromatic nitrogens is 3. The van der Waals surface area contributed by atoms with Crippen LogP contribution >= 0.6 is 23.2 Å². The summed E-state index contributed by atoms with van der Waals surface area (Å²) >= 11 is 12.2. The van der Waals surface area contributed by atoms with Crippen molar-refractivity contribution in [2.45, 2.75) is 0 Å². The molecule has 0 atom stereocenters. The number of hydrogen-bond acceptors (Lipinski definition) is 5. The molecule has 150 valence electrons. The smallest absolute Gasteiger partial charge is 0.255 e. The molecule has 1 aliphatic heterocycles. The first-order chi connectivity index (χ1) is 14.6. The molecular weight excluding hydrogens is 421 g/mol. The van der Waals surface area contributed by atoms with Crippen molar-refractivity contribution < 1.29 is 4.79 Å². The number of benzene rings is 1. The van der Waals surface area contributed by atoms with Crippen molar-refractivity contribution in [3.8, 4) is 11.8 Å². The number of carbonyl (C=O) groups is 1. The number of rotatable bonds is 2. The summed E-state index contributed by atoms with van der Waals surface area (Å²) in [5, 5.41) is 0.903. The molecule has 1 amide bonds. The molecule has 1 aliphatic rings. The highest BCUT2D eigenvalue weighted by molar-refractivity contribution is 6.35. The van der Waals surface area contributed by atoms with Crippen LogP contribution < -0.4 is 4.90 Å². The van der Waals surface area contributed by atoms with Gasteiger partial charge in [0.25, 0.3) is 5.91 Å². The van der Waals surface area contributed by atoms with Gasteiger partial charge in [0.15, 0.2) is 0 Å². The van der Waals surface area contributed by atoms with Crippen molar-refractivity contribution in [2.24, 2.45) is 0 Å². The maximum atomic E-state index is 12.8. The first-order valence-corrected chi connectivity index (χ1v) is 10.1. The molecule has 0 radical (unpaired) electrons. The molecule has 8 heteroatoms. The Bertz CT molecular complexity index is 1100. The Kier molecular flexibility index (Phi) is 6.12. The highest BCUT2D eigenvalue weighted by Crippen LogP contribution is 2.23. The van der Waals surface area contributed by atoms with Crippen LogP contribution in [-0.2, 0) is 0 Å². The lowest BCUT2D eigenvalue weighted by Crippen LogP contribution is -2.49. The van der Waals surface area contributed by atoms with Crippen molar-refractivity contribution in [3.05, 3.63) is 82.0 Å². The molecular formula is C22H17Cl2N5O. The van der Waals surface area contributed by atoms with Gasteiger partial charge in [0.1, 0.15) is 11.5 Å². The van der Waals surface area contributed by atoms with Crippen molar-refractivity contribution in [3.63, 3.8) is 0 Å². The summed E-state index contributed by atoms with van der Waals surface area (Å²) in [6.07, 6.45) is 6.57. The fraction of sp³-hybridized carbons (Fsp3) is 0.182. The number of halogens is 2. The fourth-order valence-corrected chi connectivity index (χ4v) is 3.49. The summed E-state index contributed by atoms with van der Waals surface area (Å²) in [7, 11) is 0. The Hall–Kier alpha value is -3.14. The Morgan fingerprint density at radius 2 is 1.77 bits per heavy atom. The third-order valence-corrected chi connectivity index (χ3v) is 5.26. The summed E-state index contributed by atoms with van der Waals surface area (Å²) < 4.78 is 0. The minimum Gasteiger partial charge on any atom is -0.353 e. The average molecular weight is 438 g/mol. The second-order valence-electron chi connectivity index (χ2n) is 6.65. The van der Waals surface area contributed by atoms with Crippen molar-refractivity contribution >= 4 is 34.9 Å². The minimum atomic E-state index is -0.107. The van der Waals surface area contributed by atoms with Gasteiger partial charge in [-0.05, 0) is 36.3 Å². The zero-order chi connectivity index (χ0) is 20.9. The zero-order valence-electron chi connectivity index (χ0n) is 15.9. The van der Waals surface area contributed by atoms with E-state index in [2.05, 4.69) is 31.7 Å². The Balaban J connectivity index is 1.38. The Morgan fingerprint density at radius 1 is 0.933 bits per heavy atom. The number of nitrogens with zero attached hydrogens (tertiary/aromatic N) is 5. The van der Waals surface area contributed by atoms with E-state index in [1.807, 2.05) is 12.1 Å². The lowest BCUT2D eigenvalue weighted by molar-refractivity contribution is 0.0746. The average Bonchev–Trinajstić information content (AvgIpc) is 2.80. The normalized spacial score (nSPS) is 13.5. The van der Waals surface area contributed by atoms with Gasteiger partial charge in [0.2, 0.25) is 0 Å². The van der Waals surface area contributed by atoms with Crippen LogP contribution in [0.1, 0.15) is 21.6 Å². The van der Waals surface area contributed by atoms with E-state index in [4.69, 9.17) is 23.2 Å². The summed E-state index contributed by atoms with van der Waals surface area (Å²) in [5.74, 6) is 6.74. The van der Waals surface area contributed by atoms with Crippen LogP contribution in [0.4, 0.5) is 5.82 Å². The molecule has 30 heavy (non-hydrogen) atoms. The predicted molar refractivity (Wildman–Crippen MR) is 117 cm³/mol. The van der Waals surface area contributed by atoms with E-state index in [0.717, 1.165) is 11.4 Å². The summed E-state index contributed by atoms with van der Waals surface area (Å²) in [6.45, 7) is 2.53. The number of carbonyl (C=O) groups excluding carboxylic acids is 1. The van der Waals surface area contributed by atoms with Crippen LogP contribution in [0.3, 0.4) is 0 Å². The second-order valence-corrected chi connectivity index (χ2v) is 7.49. The predicted octanol–water partition coefficient (Wildman–Crippen LogP) is 3.54. The molecule has 0 N–H and O–H groups in total. The van der Waals surface area contributed by atoms with Gasteiger partial charge in [0, 0.05) is 55.4 Å². The van der Waals surface area contributed by atoms with Crippen LogP contribution in [0.2, 0.25) is 10.0 Å². The van der Waals surface area contributed by atoms with Crippen LogP contribution in [0.15, 0.2) is 55.1 Å². The first-order valence-electron chi connectivity index (χ1n) is 9.33. The quantitative estimate of drug-likeness (QED) is 0.573. The minimum absolute atomic E-state index is 0.107. The van der Waals surface area contributed by atoms with E-state index in [-0.39, 0.29) is 5.91 Å². The van der Waals surface area contributed by atoms with E-state index in [1.165, 1.54) is 0 Å². The van der Waals surface area contributed by atoms with Crippen LogP contribution in [0.25, 0.3) is 0 Å². The number of piperazine rings is 1. The number of amides is 1. The number of anilines is 1. The molecule has 6 nitrogen and oxygen atoms in total. The van der Waals surface area contributed by atoms with Crippen molar-refractivity contribution in [2.75, 3.05) is 31.1 Å². The maximum Gasteiger partial charge on any atom is 0.255 e. The highest BCUT2D eigenvalue weighted by Gasteiger charge is 2.24. The fourth-order valence-electron chi connectivity index (χ4n) is 3.12. The molecule has 1 aromatic carbocycles. The van der Waals surface area contributed by atoms with Crippen LogP contribution in [0, 0.1) is 11.8 Å². The van der Waals surface area contributed by atoms with Gasteiger partial charge in [-0.3, -0.25) is 9.78 Å². The SMILES string of the molecule is O=C(c1cc(Cl)ccc1Cl)N1CCN(c2ccc(C#Cc3cnccn3)cn2)CC1. The van der Waals surface area contributed by atoms with E-state index >= 15 is 0 Å². The zero-order valence-corrected chi connectivity index (χ0v) is 17.4. The third kappa shape index (κ3) is 4.70. The summed E-state index contributed by atoms with van der Waals surface area (Å²) in [6, 6.07) is 8.79. The molecule has 0 aliphatic carbocycles. The Labute approximate surface area is 184 Å². The second kappa shape index (κ2) is 9.12.